The predicted molar refractivity (Wildman–Crippen MR) is 43.0 cm³/mol. The molecule has 0 N–H and O–H groups in total. The van der Waals surface area contributed by atoms with Crippen LogP contribution in [0.2, 0.25) is 0 Å². The molecular formula is C8H13N. The zero-order valence-electron chi connectivity index (χ0n) is 6.09. The fraction of sp³-hybridized carbons (Fsp3) is 0.375. The fourth-order valence-electron chi connectivity index (χ4n) is 0.344. The molecule has 0 aliphatic rings. The molecule has 0 unspecified atom stereocenters. The predicted octanol–water partition coefficient (Wildman–Crippen LogP) is 2.21. The van der Waals surface area contributed by atoms with Gasteiger partial charge >= 0.3 is 0 Å². The zero-order valence-corrected chi connectivity index (χ0v) is 6.09. The lowest BCUT2D eigenvalue weighted by Gasteiger charge is -1.82. The number of hydrogen-bond acceptors (Lipinski definition) is 1. The lowest BCUT2D eigenvalue weighted by Crippen LogP contribution is -1.71. The summed E-state index contributed by atoms with van der Waals surface area (Å²) in [6.07, 6.45) is 5.55. The van der Waals surface area contributed by atoms with Crippen LogP contribution in [-0.4, -0.2) is 12.8 Å². The first-order valence-electron chi connectivity index (χ1n) is 3.10. The van der Waals surface area contributed by atoms with Gasteiger partial charge in [-0.3, -0.25) is 4.99 Å². The van der Waals surface area contributed by atoms with Gasteiger partial charge in [0.1, 0.15) is 0 Å². The van der Waals surface area contributed by atoms with Gasteiger partial charge in [-0.25, -0.2) is 0 Å². The third kappa shape index (κ3) is 5.01. The Bertz CT molecular complexity index is 132. The monoisotopic (exact) mass is 123 g/mol. The van der Waals surface area contributed by atoms with E-state index >= 15 is 0 Å². The van der Waals surface area contributed by atoms with E-state index < -0.39 is 0 Å². The van der Waals surface area contributed by atoms with Gasteiger partial charge in [-0.1, -0.05) is 18.2 Å². The van der Waals surface area contributed by atoms with Crippen LogP contribution in [0.15, 0.2) is 29.3 Å². The van der Waals surface area contributed by atoms with Crippen molar-refractivity contribution in [3.63, 3.8) is 0 Å². The second-order valence-electron chi connectivity index (χ2n) is 1.76. The molecule has 0 aliphatic carbocycles. The highest BCUT2D eigenvalue weighted by Crippen LogP contribution is 1.88. The van der Waals surface area contributed by atoms with Gasteiger partial charge in [-0.2, -0.15) is 0 Å². The van der Waals surface area contributed by atoms with Gasteiger partial charge in [0.05, 0.1) is 0 Å². The lowest BCUT2D eigenvalue weighted by atomic mass is 10.3. The first kappa shape index (κ1) is 8.15. The minimum Gasteiger partial charge on any atom is -0.293 e. The SMILES string of the molecule is C=C/C(C)=C\C=N\CC. The highest BCUT2D eigenvalue weighted by Gasteiger charge is 1.72. The third-order valence-corrected chi connectivity index (χ3v) is 0.947. The lowest BCUT2D eigenvalue weighted by molar-refractivity contribution is 1.14. The highest BCUT2D eigenvalue weighted by molar-refractivity contribution is 5.72. The molecule has 0 atom stereocenters. The molecule has 0 heterocycles. The molecule has 0 amide bonds. The van der Waals surface area contributed by atoms with Crippen molar-refractivity contribution in [3.05, 3.63) is 24.3 Å². The van der Waals surface area contributed by atoms with Crippen LogP contribution < -0.4 is 0 Å². The summed E-state index contributed by atoms with van der Waals surface area (Å²) < 4.78 is 0. The maximum absolute atomic E-state index is 4.01. The number of allylic oxidation sites excluding steroid dienone is 3. The summed E-state index contributed by atoms with van der Waals surface area (Å²) in [6, 6.07) is 0. The molecule has 0 radical (unpaired) electrons. The Morgan fingerprint density at radius 2 is 2.33 bits per heavy atom. The first-order chi connectivity index (χ1) is 4.31. The molecule has 1 nitrogen and oxygen atoms in total. The third-order valence-electron chi connectivity index (χ3n) is 0.947. The van der Waals surface area contributed by atoms with Crippen LogP contribution >= 0.6 is 0 Å². The van der Waals surface area contributed by atoms with Gasteiger partial charge in [-0.05, 0) is 19.9 Å². The summed E-state index contributed by atoms with van der Waals surface area (Å²) in [7, 11) is 0. The molecule has 0 aliphatic heterocycles. The molecule has 0 spiro atoms. The van der Waals surface area contributed by atoms with Gasteiger partial charge in [0.25, 0.3) is 0 Å². The smallest absolute Gasteiger partial charge is 0.0360 e. The normalized spacial score (nSPS) is 12.4. The molecular weight excluding hydrogens is 110 g/mol. The van der Waals surface area contributed by atoms with Crippen molar-refractivity contribution < 1.29 is 0 Å². The van der Waals surface area contributed by atoms with Crippen molar-refractivity contribution in [1.82, 2.24) is 0 Å². The average molecular weight is 123 g/mol. The summed E-state index contributed by atoms with van der Waals surface area (Å²) in [5.74, 6) is 0. The number of hydrogen-bond donors (Lipinski definition) is 0. The van der Waals surface area contributed by atoms with Crippen molar-refractivity contribution in [1.29, 1.82) is 0 Å². The van der Waals surface area contributed by atoms with Crippen LogP contribution in [0.3, 0.4) is 0 Å². The summed E-state index contributed by atoms with van der Waals surface area (Å²) in [6.45, 7) is 8.46. The molecule has 1 heteroatoms. The topological polar surface area (TPSA) is 12.4 Å². The molecule has 0 aromatic heterocycles. The fourth-order valence-corrected chi connectivity index (χ4v) is 0.344. The van der Waals surface area contributed by atoms with E-state index in [0.29, 0.717) is 0 Å². The van der Waals surface area contributed by atoms with E-state index in [9.17, 15) is 0 Å². The van der Waals surface area contributed by atoms with Gasteiger partial charge in [0.2, 0.25) is 0 Å². The van der Waals surface area contributed by atoms with Gasteiger partial charge in [0, 0.05) is 12.8 Å². The second kappa shape index (κ2) is 5.29. The zero-order chi connectivity index (χ0) is 7.11. The van der Waals surface area contributed by atoms with E-state index in [1.807, 2.05) is 26.0 Å². The number of nitrogens with zero attached hydrogens (tertiary/aromatic N) is 1. The van der Waals surface area contributed by atoms with Crippen LogP contribution in [0.1, 0.15) is 13.8 Å². The minimum absolute atomic E-state index is 0.848. The maximum atomic E-state index is 4.01. The van der Waals surface area contributed by atoms with Crippen molar-refractivity contribution >= 4 is 6.21 Å². The van der Waals surface area contributed by atoms with Crippen molar-refractivity contribution in [3.8, 4) is 0 Å². The molecule has 0 aromatic carbocycles. The molecule has 9 heavy (non-hydrogen) atoms. The summed E-state index contributed by atoms with van der Waals surface area (Å²) in [4.78, 5) is 4.01. The molecule has 0 aromatic rings. The quantitative estimate of drug-likeness (QED) is 0.403. The van der Waals surface area contributed by atoms with E-state index in [2.05, 4.69) is 11.6 Å². The molecule has 0 saturated carbocycles. The Hall–Kier alpha value is -0.850. The summed E-state index contributed by atoms with van der Waals surface area (Å²) >= 11 is 0. The van der Waals surface area contributed by atoms with Crippen molar-refractivity contribution in [2.75, 3.05) is 6.54 Å². The molecule has 0 fully saturated rings. The van der Waals surface area contributed by atoms with E-state index in [-0.39, 0.29) is 0 Å². The van der Waals surface area contributed by atoms with Crippen LogP contribution in [0.25, 0.3) is 0 Å². The Kier molecular flexibility index (Phi) is 4.79. The van der Waals surface area contributed by atoms with Gasteiger partial charge < -0.3 is 0 Å². The second-order valence-corrected chi connectivity index (χ2v) is 1.76. The first-order valence-corrected chi connectivity index (χ1v) is 3.10. The van der Waals surface area contributed by atoms with Crippen molar-refractivity contribution in [2.24, 2.45) is 4.99 Å². The van der Waals surface area contributed by atoms with E-state index in [1.54, 1.807) is 6.21 Å². The number of rotatable bonds is 3. The molecule has 0 bridgehead atoms. The highest BCUT2D eigenvalue weighted by atomic mass is 14.7. The van der Waals surface area contributed by atoms with Crippen molar-refractivity contribution in [2.45, 2.75) is 13.8 Å². The Morgan fingerprint density at radius 1 is 1.67 bits per heavy atom. The van der Waals surface area contributed by atoms with E-state index in [4.69, 9.17) is 0 Å². The minimum atomic E-state index is 0.848. The van der Waals surface area contributed by atoms with E-state index in [0.717, 1.165) is 12.1 Å². The molecule has 0 rings (SSSR count). The molecule has 0 saturated heterocycles. The van der Waals surface area contributed by atoms with Crippen LogP contribution in [0.5, 0.6) is 0 Å². The standard InChI is InChI=1S/C8H13N/c1-4-8(3)6-7-9-5-2/h4,6-7H,1,5H2,2-3H3/b8-6-,9-7+. The van der Waals surface area contributed by atoms with Crippen LogP contribution in [0.4, 0.5) is 0 Å². The maximum Gasteiger partial charge on any atom is 0.0360 e. The average Bonchev–Trinajstić information content (AvgIpc) is 1.89. The van der Waals surface area contributed by atoms with E-state index in [1.165, 1.54) is 0 Å². The van der Waals surface area contributed by atoms with Crippen LogP contribution in [0, 0.1) is 0 Å². The summed E-state index contributed by atoms with van der Waals surface area (Å²) in [5, 5.41) is 0. The summed E-state index contributed by atoms with van der Waals surface area (Å²) in [5.41, 5.74) is 1.15. The Morgan fingerprint density at radius 3 is 2.78 bits per heavy atom. The van der Waals surface area contributed by atoms with Gasteiger partial charge in [-0.15, -0.1) is 0 Å². The molecule has 50 valence electrons. The Labute approximate surface area is 56.8 Å². The number of aliphatic imine (C=N–C) groups is 1. The van der Waals surface area contributed by atoms with Crippen LogP contribution in [-0.2, 0) is 0 Å². The Balaban J connectivity index is 3.68. The van der Waals surface area contributed by atoms with Gasteiger partial charge in [0.15, 0.2) is 0 Å². The largest absolute Gasteiger partial charge is 0.293 e.